The maximum atomic E-state index is 3.02. The molecule has 0 aromatic carbocycles. The summed E-state index contributed by atoms with van der Waals surface area (Å²) in [5.74, 6) is 0. The lowest BCUT2D eigenvalue weighted by Crippen LogP contribution is -2.57. The quantitative estimate of drug-likeness (QED) is 0.262. The van der Waals surface area contributed by atoms with Gasteiger partial charge in [0.05, 0.1) is 0 Å². The van der Waals surface area contributed by atoms with Crippen LogP contribution in [0.15, 0.2) is 0 Å². The van der Waals surface area contributed by atoms with Crippen molar-refractivity contribution in [1.29, 1.82) is 0 Å². The number of rotatable bonds is 10. The maximum absolute atomic E-state index is 3.02. The Morgan fingerprint density at radius 2 is 1.00 bits per heavy atom. The van der Waals surface area contributed by atoms with E-state index in [1.165, 1.54) is 58.0 Å². The fourth-order valence-corrected chi connectivity index (χ4v) is 20.8. The third kappa shape index (κ3) is 7.09. The molecule has 0 atom stereocenters. The second kappa shape index (κ2) is 11.1. The molecule has 0 aromatic rings. The van der Waals surface area contributed by atoms with Crippen molar-refractivity contribution >= 4 is 15.5 Å². The molecule has 1 saturated heterocycles. The van der Waals surface area contributed by atoms with Crippen molar-refractivity contribution in [2.24, 2.45) is 0 Å². The molecule has 0 unspecified atom stereocenters. The highest BCUT2D eigenvalue weighted by Gasteiger charge is 2.51. The summed E-state index contributed by atoms with van der Waals surface area (Å²) < 4.78 is 6.04. The van der Waals surface area contributed by atoms with Crippen LogP contribution in [0.2, 0.25) is 18.1 Å². The summed E-state index contributed by atoms with van der Waals surface area (Å²) in [4.78, 5) is 0. The zero-order chi connectivity index (χ0) is 20.7. The molecule has 1 aliphatic heterocycles. The van der Waals surface area contributed by atoms with Crippen molar-refractivity contribution in [2.45, 2.75) is 136 Å². The average molecular weight is 415 g/mol. The van der Waals surface area contributed by atoms with Gasteiger partial charge in [-0.2, -0.15) is 0 Å². The Labute approximate surface area is 174 Å². The van der Waals surface area contributed by atoms with Crippen LogP contribution in [0.1, 0.15) is 107 Å². The first kappa shape index (κ1) is 25.6. The van der Waals surface area contributed by atoms with Gasteiger partial charge in [-0.05, 0) is 48.0 Å². The number of hydrogen-bond acceptors (Lipinski definition) is 2. The third-order valence-corrected chi connectivity index (χ3v) is 19.4. The molecular formula is C23H51N2PSi. The zero-order valence-electron chi connectivity index (χ0n) is 20.3. The van der Waals surface area contributed by atoms with E-state index in [0.717, 1.165) is 0 Å². The Hall–Kier alpha value is 0.567. The third-order valence-electron chi connectivity index (χ3n) is 6.16. The summed E-state index contributed by atoms with van der Waals surface area (Å²) in [5.41, 5.74) is 0.580. The Balaban J connectivity index is 3.46. The summed E-state index contributed by atoms with van der Waals surface area (Å²) in [6, 6.07) is 4.69. The van der Waals surface area contributed by atoms with Crippen molar-refractivity contribution in [2.75, 3.05) is 13.1 Å². The summed E-state index contributed by atoms with van der Waals surface area (Å²) in [7, 11) is -1.54. The fraction of sp³-hybridized carbons (Fsp3) is 1.00. The van der Waals surface area contributed by atoms with Crippen LogP contribution in [-0.4, -0.2) is 41.2 Å². The average Bonchev–Trinajstić information content (AvgIpc) is 2.59. The second-order valence-electron chi connectivity index (χ2n) is 10.8. The van der Waals surface area contributed by atoms with E-state index >= 15 is 0 Å². The lowest BCUT2D eigenvalue weighted by molar-refractivity contribution is 0.171. The number of hydrogen-bond donors (Lipinski definition) is 0. The molecule has 162 valence electrons. The Morgan fingerprint density at radius 3 is 1.26 bits per heavy atom. The van der Waals surface area contributed by atoms with Crippen LogP contribution < -0.4 is 0 Å². The van der Waals surface area contributed by atoms with Gasteiger partial charge < -0.3 is 0 Å². The van der Waals surface area contributed by atoms with E-state index in [2.05, 4.69) is 71.7 Å². The van der Waals surface area contributed by atoms with Crippen molar-refractivity contribution < 1.29 is 0 Å². The van der Waals surface area contributed by atoms with Crippen LogP contribution in [0.4, 0.5) is 0 Å². The van der Waals surface area contributed by atoms with E-state index in [-0.39, 0.29) is 7.77 Å². The van der Waals surface area contributed by atoms with Crippen LogP contribution in [0.25, 0.3) is 0 Å². The van der Waals surface area contributed by atoms with Gasteiger partial charge in [0, 0.05) is 31.9 Å². The van der Waals surface area contributed by atoms with Crippen molar-refractivity contribution in [3.8, 4) is 0 Å². The molecule has 1 fully saturated rings. The Kier molecular flexibility index (Phi) is 10.5. The van der Waals surface area contributed by atoms with E-state index in [0.29, 0.717) is 11.1 Å². The second-order valence-corrected chi connectivity index (χ2v) is 20.3. The smallest absolute Gasteiger partial charge is 0.118 e. The molecule has 1 rings (SSSR count). The van der Waals surface area contributed by atoms with Crippen LogP contribution >= 0.6 is 7.77 Å². The molecule has 1 aliphatic rings. The van der Waals surface area contributed by atoms with E-state index in [9.17, 15) is 0 Å². The van der Waals surface area contributed by atoms with Gasteiger partial charge in [-0.15, -0.1) is 0 Å². The maximum Gasteiger partial charge on any atom is 0.118 e. The molecule has 4 heteroatoms. The first-order valence-corrected chi connectivity index (χ1v) is 16.6. The lowest BCUT2D eigenvalue weighted by atomic mass is 10.1. The molecule has 0 amide bonds. The van der Waals surface area contributed by atoms with Gasteiger partial charge in [-0.1, -0.05) is 77.4 Å². The Bertz CT molecular complexity index is 370. The van der Waals surface area contributed by atoms with Gasteiger partial charge in [-0.25, -0.2) is 0 Å². The highest BCUT2D eigenvalue weighted by Crippen LogP contribution is 2.65. The first-order chi connectivity index (χ1) is 12.5. The van der Waals surface area contributed by atoms with Crippen LogP contribution in [-0.2, 0) is 0 Å². The minimum atomic E-state index is -1.39. The monoisotopic (exact) mass is 414 g/mol. The van der Waals surface area contributed by atoms with Crippen molar-refractivity contribution in [3.05, 3.63) is 0 Å². The number of unbranched alkanes of at least 4 members (excludes halogenated alkanes) is 3. The van der Waals surface area contributed by atoms with Gasteiger partial charge in [0.2, 0.25) is 0 Å². The van der Waals surface area contributed by atoms with E-state index in [4.69, 9.17) is 0 Å². The summed E-state index contributed by atoms with van der Waals surface area (Å²) in [6.07, 6.45) is 9.79. The normalized spacial score (nSPS) is 19.0. The van der Waals surface area contributed by atoms with Crippen LogP contribution in [0.5, 0.6) is 0 Å². The number of nitrogens with zero attached hydrogens (tertiary/aromatic N) is 2. The van der Waals surface area contributed by atoms with Gasteiger partial charge in [0.15, 0.2) is 0 Å². The summed E-state index contributed by atoms with van der Waals surface area (Å²) in [6.45, 7) is 24.7. The topological polar surface area (TPSA) is 6.48 Å². The molecule has 0 N–H and O–H groups in total. The largest absolute Gasteiger partial charge is 0.268 e. The summed E-state index contributed by atoms with van der Waals surface area (Å²) in [5, 5.41) is 0. The van der Waals surface area contributed by atoms with Gasteiger partial charge in [0.25, 0.3) is 0 Å². The highest BCUT2D eigenvalue weighted by atomic mass is 31.4. The Morgan fingerprint density at radius 1 is 0.667 bits per heavy atom. The predicted octanol–water partition coefficient (Wildman–Crippen LogP) is 8.25. The fourth-order valence-electron chi connectivity index (χ4n) is 4.63. The molecular weight excluding hydrogens is 363 g/mol. The van der Waals surface area contributed by atoms with Crippen molar-refractivity contribution in [3.63, 3.8) is 0 Å². The van der Waals surface area contributed by atoms with E-state index in [1.807, 2.05) is 0 Å². The lowest BCUT2D eigenvalue weighted by Gasteiger charge is -2.60. The van der Waals surface area contributed by atoms with E-state index in [1.54, 1.807) is 18.1 Å². The molecule has 0 saturated carbocycles. The van der Waals surface area contributed by atoms with E-state index < -0.39 is 7.74 Å². The van der Waals surface area contributed by atoms with Crippen LogP contribution in [0, 0.1) is 0 Å². The molecule has 0 aliphatic carbocycles. The molecule has 0 spiro atoms. The molecule has 0 bridgehead atoms. The SMILES string of the molecule is CCCC[Si](CCCC)(CCCC)P1N(C(C)(C)C)CCCN1C(C)(C)C. The molecule has 27 heavy (non-hydrogen) atoms. The molecule has 0 aromatic heterocycles. The minimum Gasteiger partial charge on any atom is -0.268 e. The molecule has 1 heterocycles. The van der Waals surface area contributed by atoms with Gasteiger partial charge >= 0.3 is 0 Å². The van der Waals surface area contributed by atoms with Crippen molar-refractivity contribution in [1.82, 2.24) is 9.34 Å². The van der Waals surface area contributed by atoms with Crippen LogP contribution in [0.3, 0.4) is 0 Å². The zero-order valence-corrected chi connectivity index (χ0v) is 22.2. The molecule has 0 radical (unpaired) electrons. The van der Waals surface area contributed by atoms with Gasteiger partial charge in [0.1, 0.15) is 7.74 Å². The predicted molar refractivity (Wildman–Crippen MR) is 129 cm³/mol. The summed E-state index contributed by atoms with van der Waals surface area (Å²) >= 11 is 0. The molecule has 2 nitrogen and oxygen atoms in total. The van der Waals surface area contributed by atoms with Gasteiger partial charge in [-0.3, -0.25) is 9.34 Å². The minimum absolute atomic E-state index is 0.152. The standard InChI is InChI=1S/C23H51N2PSi/c1-10-13-19-27(20-14-11-2,21-15-12-3)26-24(22(4,5)6)17-16-18-25(26)23(7,8)9/h10-21H2,1-9H3. The highest BCUT2D eigenvalue weighted by molar-refractivity contribution is 7.92. The first-order valence-electron chi connectivity index (χ1n) is 11.9.